The molecule has 0 aliphatic carbocycles. The van der Waals surface area contributed by atoms with Crippen molar-refractivity contribution < 1.29 is 9.53 Å². The molecule has 0 aliphatic heterocycles. The summed E-state index contributed by atoms with van der Waals surface area (Å²) in [4.78, 5) is 11.1. The van der Waals surface area contributed by atoms with Crippen molar-refractivity contribution in [3.05, 3.63) is 48.2 Å². The van der Waals surface area contributed by atoms with Gasteiger partial charge in [0.25, 0.3) is 0 Å². The molecular formula is C15H12N2O2. The fourth-order valence-electron chi connectivity index (χ4n) is 2.26. The summed E-state index contributed by atoms with van der Waals surface area (Å²) in [5.41, 5.74) is 2.07. The SMILES string of the molecule is COc1ccc2ccccc2c1-c1[nH]ncc1C=O. The van der Waals surface area contributed by atoms with Crippen LogP contribution in [0.2, 0.25) is 0 Å². The van der Waals surface area contributed by atoms with Gasteiger partial charge in [-0.1, -0.05) is 30.3 Å². The normalized spacial score (nSPS) is 10.6. The first-order valence-electron chi connectivity index (χ1n) is 5.90. The molecule has 0 bridgehead atoms. The summed E-state index contributed by atoms with van der Waals surface area (Å²) in [7, 11) is 1.62. The van der Waals surface area contributed by atoms with Crippen LogP contribution in [-0.2, 0) is 0 Å². The van der Waals surface area contributed by atoms with Crippen LogP contribution in [0.15, 0.2) is 42.6 Å². The Hall–Kier alpha value is -2.62. The van der Waals surface area contributed by atoms with E-state index in [0.717, 1.165) is 22.6 Å². The molecule has 1 aromatic heterocycles. The van der Waals surface area contributed by atoms with Crippen molar-refractivity contribution in [2.45, 2.75) is 0 Å². The lowest BCUT2D eigenvalue weighted by Gasteiger charge is -2.11. The highest BCUT2D eigenvalue weighted by Gasteiger charge is 2.15. The Balaban J connectivity index is 2.40. The Morgan fingerprint density at radius 3 is 2.84 bits per heavy atom. The molecule has 3 aromatic rings. The summed E-state index contributed by atoms with van der Waals surface area (Å²) in [6.45, 7) is 0. The second-order valence-corrected chi connectivity index (χ2v) is 4.18. The van der Waals surface area contributed by atoms with Crippen molar-refractivity contribution in [3.63, 3.8) is 0 Å². The highest BCUT2D eigenvalue weighted by molar-refractivity contribution is 6.02. The fourth-order valence-corrected chi connectivity index (χ4v) is 2.26. The number of hydrogen-bond acceptors (Lipinski definition) is 3. The van der Waals surface area contributed by atoms with Crippen molar-refractivity contribution in [2.24, 2.45) is 0 Å². The van der Waals surface area contributed by atoms with Crippen molar-refractivity contribution in [1.29, 1.82) is 0 Å². The highest BCUT2D eigenvalue weighted by Crippen LogP contribution is 2.36. The third-order valence-electron chi connectivity index (χ3n) is 3.16. The third-order valence-corrected chi connectivity index (χ3v) is 3.16. The van der Waals surface area contributed by atoms with E-state index in [9.17, 15) is 4.79 Å². The van der Waals surface area contributed by atoms with Gasteiger partial charge >= 0.3 is 0 Å². The standard InChI is InChI=1S/C15H12N2O2/c1-19-13-7-6-10-4-2-3-5-12(10)14(13)15-11(9-18)8-16-17-15/h2-9H,1H3,(H,16,17). The number of ether oxygens (including phenoxy) is 1. The van der Waals surface area contributed by atoms with Gasteiger partial charge in [0.2, 0.25) is 0 Å². The molecule has 0 amide bonds. The first-order valence-corrected chi connectivity index (χ1v) is 5.90. The summed E-state index contributed by atoms with van der Waals surface area (Å²) in [5, 5.41) is 8.93. The van der Waals surface area contributed by atoms with E-state index in [1.165, 1.54) is 6.20 Å². The summed E-state index contributed by atoms with van der Waals surface area (Å²) < 4.78 is 5.41. The molecule has 1 heterocycles. The van der Waals surface area contributed by atoms with Gasteiger partial charge in [-0.15, -0.1) is 0 Å². The number of benzene rings is 2. The summed E-state index contributed by atoms with van der Waals surface area (Å²) in [5.74, 6) is 0.714. The zero-order valence-electron chi connectivity index (χ0n) is 10.4. The number of nitrogens with one attached hydrogen (secondary N) is 1. The molecular weight excluding hydrogens is 240 g/mol. The number of aldehydes is 1. The number of rotatable bonds is 3. The van der Waals surface area contributed by atoms with E-state index in [2.05, 4.69) is 10.2 Å². The Kier molecular flexibility index (Phi) is 2.76. The van der Waals surface area contributed by atoms with Crippen LogP contribution in [-0.4, -0.2) is 23.6 Å². The maximum absolute atomic E-state index is 11.1. The van der Waals surface area contributed by atoms with Gasteiger partial charge < -0.3 is 4.74 Å². The van der Waals surface area contributed by atoms with Crippen LogP contribution in [0.5, 0.6) is 5.75 Å². The lowest BCUT2D eigenvalue weighted by molar-refractivity contribution is 0.112. The molecule has 2 aromatic carbocycles. The molecule has 0 saturated carbocycles. The molecule has 0 saturated heterocycles. The lowest BCUT2D eigenvalue weighted by Crippen LogP contribution is -1.92. The van der Waals surface area contributed by atoms with E-state index < -0.39 is 0 Å². The Labute approximate surface area is 110 Å². The molecule has 3 rings (SSSR count). The largest absolute Gasteiger partial charge is 0.496 e. The number of carbonyl (C=O) groups excluding carboxylic acids is 1. The quantitative estimate of drug-likeness (QED) is 0.729. The molecule has 19 heavy (non-hydrogen) atoms. The van der Waals surface area contributed by atoms with E-state index in [1.807, 2.05) is 36.4 Å². The van der Waals surface area contributed by atoms with Gasteiger partial charge in [-0.2, -0.15) is 5.10 Å². The molecule has 0 spiro atoms. The molecule has 0 radical (unpaired) electrons. The number of aromatic nitrogens is 2. The predicted molar refractivity (Wildman–Crippen MR) is 73.5 cm³/mol. The Morgan fingerprint density at radius 2 is 2.05 bits per heavy atom. The topological polar surface area (TPSA) is 55.0 Å². The van der Waals surface area contributed by atoms with Gasteiger partial charge in [0.1, 0.15) is 5.75 Å². The number of H-pyrrole nitrogens is 1. The Bertz CT molecular complexity index is 747. The van der Waals surface area contributed by atoms with Crippen LogP contribution in [0.25, 0.3) is 22.0 Å². The molecule has 4 nitrogen and oxygen atoms in total. The predicted octanol–water partition coefficient (Wildman–Crippen LogP) is 3.05. The second-order valence-electron chi connectivity index (χ2n) is 4.18. The van der Waals surface area contributed by atoms with Crippen LogP contribution < -0.4 is 4.74 Å². The summed E-state index contributed by atoms with van der Waals surface area (Å²) in [6, 6.07) is 11.9. The molecule has 0 unspecified atom stereocenters. The average Bonchev–Trinajstić information content (AvgIpc) is 2.94. The van der Waals surface area contributed by atoms with Gasteiger partial charge in [0, 0.05) is 0 Å². The number of fused-ring (bicyclic) bond motifs is 1. The molecule has 0 atom stereocenters. The van der Waals surface area contributed by atoms with Crippen LogP contribution in [0.1, 0.15) is 10.4 Å². The number of methoxy groups -OCH3 is 1. The third kappa shape index (κ3) is 1.78. The van der Waals surface area contributed by atoms with E-state index >= 15 is 0 Å². The maximum Gasteiger partial charge on any atom is 0.153 e. The van der Waals surface area contributed by atoms with Crippen LogP contribution >= 0.6 is 0 Å². The maximum atomic E-state index is 11.1. The second kappa shape index (κ2) is 4.57. The molecule has 94 valence electrons. The molecule has 0 fully saturated rings. The minimum atomic E-state index is 0.523. The first kappa shape index (κ1) is 11.5. The van der Waals surface area contributed by atoms with Gasteiger partial charge in [0.15, 0.2) is 6.29 Å². The Morgan fingerprint density at radius 1 is 1.21 bits per heavy atom. The number of aromatic amines is 1. The van der Waals surface area contributed by atoms with Gasteiger partial charge in [-0.05, 0) is 16.8 Å². The molecule has 0 aliphatic rings. The highest BCUT2D eigenvalue weighted by atomic mass is 16.5. The van der Waals surface area contributed by atoms with Crippen molar-refractivity contribution in [2.75, 3.05) is 7.11 Å². The van der Waals surface area contributed by atoms with Crippen LogP contribution in [0, 0.1) is 0 Å². The smallest absolute Gasteiger partial charge is 0.153 e. The van der Waals surface area contributed by atoms with Crippen molar-refractivity contribution in [1.82, 2.24) is 10.2 Å². The average molecular weight is 252 g/mol. The fraction of sp³-hybridized carbons (Fsp3) is 0.0667. The van der Waals surface area contributed by atoms with Crippen molar-refractivity contribution in [3.8, 4) is 17.0 Å². The van der Waals surface area contributed by atoms with Gasteiger partial charge in [-0.25, -0.2) is 0 Å². The zero-order chi connectivity index (χ0) is 13.2. The van der Waals surface area contributed by atoms with Crippen molar-refractivity contribution >= 4 is 17.1 Å². The monoisotopic (exact) mass is 252 g/mol. The summed E-state index contributed by atoms with van der Waals surface area (Å²) in [6.07, 6.45) is 2.31. The van der Waals surface area contributed by atoms with E-state index in [-0.39, 0.29) is 0 Å². The van der Waals surface area contributed by atoms with Crippen LogP contribution in [0.3, 0.4) is 0 Å². The molecule has 4 heteroatoms. The number of carbonyl (C=O) groups is 1. The number of hydrogen-bond donors (Lipinski definition) is 1. The van der Waals surface area contributed by atoms with E-state index in [1.54, 1.807) is 7.11 Å². The van der Waals surface area contributed by atoms with E-state index in [0.29, 0.717) is 17.0 Å². The minimum absolute atomic E-state index is 0.523. The summed E-state index contributed by atoms with van der Waals surface area (Å²) >= 11 is 0. The van der Waals surface area contributed by atoms with Crippen LogP contribution in [0.4, 0.5) is 0 Å². The molecule has 1 N–H and O–H groups in total. The number of nitrogens with zero attached hydrogens (tertiary/aromatic N) is 1. The van der Waals surface area contributed by atoms with E-state index in [4.69, 9.17) is 4.74 Å². The first-order chi connectivity index (χ1) is 9.35. The minimum Gasteiger partial charge on any atom is -0.496 e. The lowest BCUT2D eigenvalue weighted by atomic mass is 9.99. The van der Waals surface area contributed by atoms with Gasteiger partial charge in [-0.3, -0.25) is 9.89 Å². The zero-order valence-corrected chi connectivity index (χ0v) is 10.4. The van der Waals surface area contributed by atoms with Gasteiger partial charge in [0.05, 0.1) is 30.1 Å².